The molecule has 2 N–H and O–H groups in total. The summed E-state index contributed by atoms with van der Waals surface area (Å²) in [6, 6.07) is 6.75. The van der Waals surface area contributed by atoms with E-state index in [0.717, 1.165) is 6.42 Å². The molecule has 0 atom stereocenters. The van der Waals surface area contributed by atoms with E-state index in [1.165, 1.54) is 0 Å². The molecule has 0 fully saturated rings. The van der Waals surface area contributed by atoms with Crippen LogP contribution in [0, 0.1) is 0 Å². The van der Waals surface area contributed by atoms with Gasteiger partial charge in [0.25, 0.3) is 0 Å². The van der Waals surface area contributed by atoms with Crippen LogP contribution in [0.25, 0.3) is 0 Å². The Morgan fingerprint density at radius 2 is 1.94 bits per heavy atom. The Kier molecular flexibility index (Phi) is 4.79. The van der Waals surface area contributed by atoms with Gasteiger partial charge in [0.1, 0.15) is 0 Å². The van der Waals surface area contributed by atoms with E-state index in [1.54, 1.807) is 24.3 Å². The van der Waals surface area contributed by atoms with Crippen molar-refractivity contribution < 1.29 is 9.59 Å². The first kappa shape index (κ1) is 12.5. The number of benzene rings is 1. The quantitative estimate of drug-likeness (QED) is 0.792. The molecule has 4 nitrogen and oxygen atoms in total. The lowest BCUT2D eigenvalue weighted by atomic mass is 10.3. The Balaban J connectivity index is 2.58. The van der Waals surface area contributed by atoms with E-state index in [4.69, 9.17) is 11.6 Å². The highest BCUT2D eigenvalue weighted by Gasteiger charge is 2.13. The SMILES string of the molecule is CCCNC(=O)C(=O)Nc1ccccc1Cl. The third-order valence-corrected chi connectivity index (χ3v) is 2.19. The zero-order valence-electron chi connectivity index (χ0n) is 8.92. The average Bonchev–Trinajstić information content (AvgIpc) is 2.28. The molecule has 1 aromatic rings. The second-order valence-electron chi connectivity index (χ2n) is 3.19. The van der Waals surface area contributed by atoms with Crippen LogP contribution in [0.5, 0.6) is 0 Å². The lowest BCUT2D eigenvalue weighted by molar-refractivity contribution is -0.136. The second kappa shape index (κ2) is 6.12. The Hall–Kier alpha value is -1.55. The van der Waals surface area contributed by atoms with Crippen molar-refractivity contribution in [1.82, 2.24) is 5.32 Å². The normalized spacial score (nSPS) is 9.62. The van der Waals surface area contributed by atoms with Gasteiger partial charge in [0.05, 0.1) is 10.7 Å². The first-order chi connectivity index (χ1) is 7.65. The molecule has 0 aliphatic carbocycles. The number of carbonyl (C=O) groups excluding carboxylic acids is 2. The fourth-order valence-corrected chi connectivity index (χ4v) is 1.24. The third-order valence-electron chi connectivity index (χ3n) is 1.86. The molecule has 2 amide bonds. The summed E-state index contributed by atoms with van der Waals surface area (Å²) in [5.74, 6) is -1.36. The highest BCUT2D eigenvalue weighted by atomic mass is 35.5. The molecule has 86 valence electrons. The molecule has 16 heavy (non-hydrogen) atoms. The Bertz CT molecular complexity index is 393. The second-order valence-corrected chi connectivity index (χ2v) is 3.60. The van der Waals surface area contributed by atoms with E-state index in [2.05, 4.69) is 10.6 Å². The molecule has 0 aromatic heterocycles. The number of halogens is 1. The lowest BCUT2D eigenvalue weighted by Crippen LogP contribution is -2.35. The van der Waals surface area contributed by atoms with Crippen molar-refractivity contribution in [2.45, 2.75) is 13.3 Å². The average molecular weight is 241 g/mol. The van der Waals surface area contributed by atoms with E-state index >= 15 is 0 Å². The van der Waals surface area contributed by atoms with Crippen LogP contribution >= 0.6 is 11.6 Å². The van der Waals surface area contributed by atoms with Gasteiger partial charge < -0.3 is 10.6 Å². The minimum Gasteiger partial charge on any atom is -0.348 e. The molecule has 0 saturated carbocycles. The smallest absolute Gasteiger partial charge is 0.313 e. The van der Waals surface area contributed by atoms with Crippen LogP contribution in [0.1, 0.15) is 13.3 Å². The first-order valence-corrected chi connectivity index (χ1v) is 5.36. The van der Waals surface area contributed by atoms with E-state index in [1.807, 2.05) is 6.92 Å². The molecule has 0 saturated heterocycles. The van der Waals surface area contributed by atoms with Gasteiger partial charge in [-0.05, 0) is 18.6 Å². The molecule has 0 heterocycles. The minimum absolute atomic E-state index is 0.402. The predicted molar refractivity (Wildman–Crippen MR) is 63.4 cm³/mol. The summed E-state index contributed by atoms with van der Waals surface area (Å²) < 4.78 is 0. The topological polar surface area (TPSA) is 58.2 Å². The Morgan fingerprint density at radius 3 is 2.56 bits per heavy atom. The summed E-state index contributed by atoms with van der Waals surface area (Å²) >= 11 is 5.83. The minimum atomic E-state index is -0.707. The number of rotatable bonds is 3. The lowest BCUT2D eigenvalue weighted by Gasteiger charge is -2.06. The van der Waals surface area contributed by atoms with Crippen LogP contribution in [0.2, 0.25) is 5.02 Å². The number of para-hydroxylation sites is 1. The summed E-state index contributed by atoms with van der Waals surface area (Å²) in [6.07, 6.45) is 0.783. The molecule has 0 radical (unpaired) electrons. The van der Waals surface area contributed by atoms with Gasteiger partial charge in [0.15, 0.2) is 0 Å². The number of hydrogen-bond donors (Lipinski definition) is 2. The van der Waals surface area contributed by atoms with Crippen molar-refractivity contribution in [1.29, 1.82) is 0 Å². The molecule has 0 unspecified atom stereocenters. The molecular formula is C11H13ClN2O2. The standard InChI is InChI=1S/C11H13ClN2O2/c1-2-7-13-10(15)11(16)14-9-6-4-3-5-8(9)12/h3-6H,2,7H2,1H3,(H,13,15)(H,14,16). The predicted octanol–water partition coefficient (Wildman–Crippen LogP) is 1.80. The van der Waals surface area contributed by atoms with E-state index in [-0.39, 0.29) is 0 Å². The summed E-state index contributed by atoms with van der Waals surface area (Å²) in [5, 5.41) is 5.32. The van der Waals surface area contributed by atoms with Gasteiger partial charge in [-0.25, -0.2) is 0 Å². The number of amides is 2. The van der Waals surface area contributed by atoms with Crippen molar-refractivity contribution in [2.75, 3.05) is 11.9 Å². The van der Waals surface area contributed by atoms with Gasteiger partial charge in [-0.15, -0.1) is 0 Å². The van der Waals surface area contributed by atoms with Gasteiger partial charge >= 0.3 is 11.8 Å². The van der Waals surface area contributed by atoms with Crippen LogP contribution in [-0.4, -0.2) is 18.4 Å². The van der Waals surface area contributed by atoms with Crippen molar-refractivity contribution in [3.63, 3.8) is 0 Å². The maximum absolute atomic E-state index is 11.4. The van der Waals surface area contributed by atoms with Gasteiger partial charge in [0.2, 0.25) is 0 Å². The van der Waals surface area contributed by atoms with Crippen molar-refractivity contribution in [2.24, 2.45) is 0 Å². The third kappa shape index (κ3) is 3.55. The van der Waals surface area contributed by atoms with Crippen LogP contribution in [-0.2, 0) is 9.59 Å². The molecule has 0 bridgehead atoms. The zero-order valence-corrected chi connectivity index (χ0v) is 9.67. The summed E-state index contributed by atoms with van der Waals surface area (Å²) in [5.41, 5.74) is 0.431. The molecule has 1 aromatic carbocycles. The molecule has 0 aliphatic rings. The fourth-order valence-electron chi connectivity index (χ4n) is 1.06. The van der Waals surface area contributed by atoms with E-state index < -0.39 is 11.8 Å². The maximum Gasteiger partial charge on any atom is 0.313 e. The highest BCUT2D eigenvalue weighted by molar-refractivity contribution is 6.41. The van der Waals surface area contributed by atoms with Gasteiger partial charge in [-0.2, -0.15) is 0 Å². The fraction of sp³-hybridized carbons (Fsp3) is 0.273. The van der Waals surface area contributed by atoms with Crippen LogP contribution < -0.4 is 10.6 Å². The number of anilines is 1. The first-order valence-electron chi connectivity index (χ1n) is 4.99. The molecule has 0 aliphatic heterocycles. The summed E-state index contributed by atoms with van der Waals surface area (Å²) in [6.45, 7) is 2.39. The Morgan fingerprint density at radius 1 is 1.25 bits per heavy atom. The summed E-state index contributed by atoms with van der Waals surface area (Å²) in [7, 11) is 0. The van der Waals surface area contributed by atoms with Crippen LogP contribution in [0.3, 0.4) is 0 Å². The van der Waals surface area contributed by atoms with Crippen LogP contribution in [0.15, 0.2) is 24.3 Å². The largest absolute Gasteiger partial charge is 0.348 e. The monoisotopic (exact) mass is 240 g/mol. The number of hydrogen-bond acceptors (Lipinski definition) is 2. The van der Waals surface area contributed by atoms with Crippen molar-refractivity contribution >= 4 is 29.1 Å². The molecule has 5 heteroatoms. The molecule has 0 spiro atoms. The van der Waals surface area contributed by atoms with Gasteiger partial charge in [0, 0.05) is 6.54 Å². The zero-order chi connectivity index (χ0) is 12.0. The maximum atomic E-state index is 11.4. The highest BCUT2D eigenvalue weighted by Crippen LogP contribution is 2.19. The molecule has 1 rings (SSSR count). The number of carbonyl (C=O) groups is 2. The van der Waals surface area contributed by atoms with Crippen molar-refractivity contribution in [3.8, 4) is 0 Å². The Labute approximate surface area is 99.0 Å². The van der Waals surface area contributed by atoms with E-state index in [9.17, 15) is 9.59 Å². The van der Waals surface area contributed by atoms with E-state index in [0.29, 0.717) is 17.3 Å². The number of nitrogens with one attached hydrogen (secondary N) is 2. The van der Waals surface area contributed by atoms with Crippen LogP contribution in [0.4, 0.5) is 5.69 Å². The van der Waals surface area contributed by atoms with Gasteiger partial charge in [-0.1, -0.05) is 30.7 Å². The summed E-state index contributed by atoms with van der Waals surface area (Å²) in [4.78, 5) is 22.6. The van der Waals surface area contributed by atoms with Crippen molar-refractivity contribution in [3.05, 3.63) is 29.3 Å². The van der Waals surface area contributed by atoms with Gasteiger partial charge in [-0.3, -0.25) is 9.59 Å². The molecular weight excluding hydrogens is 228 g/mol.